The maximum atomic E-state index is 12.9. The van der Waals surface area contributed by atoms with Crippen molar-refractivity contribution in [1.82, 2.24) is 25.3 Å². The molecule has 2 aliphatic heterocycles. The van der Waals surface area contributed by atoms with E-state index in [2.05, 4.69) is 15.5 Å². The highest BCUT2D eigenvalue weighted by Crippen LogP contribution is 2.26. The summed E-state index contributed by atoms with van der Waals surface area (Å²) in [6, 6.07) is 7.81. The number of aromatic amines is 1. The van der Waals surface area contributed by atoms with Crippen molar-refractivity contribution in [2.45, 2.75) is 44.8 Å². The molecule has 0 aliphatic carbocycles. The van der Waals surface area contributed by atoms with Gasteiger partial charge in [-0.3, -0.25) is 9.89 Å². The van der Waals surface area contributed by atoms with Gasteiger partial charge in [-0.2, -0.15) is 5.10 Å². The Morgan fingerprint density at radius 2 is 1.93 bits per heavy atom. The van der Waals surface area contributed by atoms with Gasteiger partial charge in [-0.1, -0.05) is 18.2 Å². The van der Waals surface area contributed by atoms with Crippen LogP contribution < -0.4 is 5.32 Å². The number of hydrogen-bond donors (Lipinski definition) is 2. The van der Waals surface area contributed by atoms with E-state index >= 15 is 0 Å². The van der Waals surface area contributed by atoms with Crippen molar-refractivity contribution in [3.63, 3.8) is 0 Å². The highest BCUT2D eigenvalue weighted by molar-refractivity contribution is 6.05. The van der Waals surface area contributed by atoms with Crippen molar-refractivity contribution in [3.05, 3.63) is 30.0 Å². The van der Waals surface area contributed by atoms with Gasteiger partial charge in [0, 0.05) is 43.8 Å². The van der Waals surface area contributed by atoms with E-state index in [9.17, 15) is 9.59 Å². The monoisotopic (exact) mass is 385 g/mol. The maximum Gasteiger partial charge on any atom is 0.318 e. The summed E-state index contributed by atoms with van der Waals surface area (Å²) in [5, 5.41) is 11.0. The first kappa shape index (κ1) is 18.7. The van der Waals surface area contributed by atoms with Gasteiger partial charge in [0.15, 0.2) is 5.69 Å². The van der Waals surface area contributed by atoms with E-state index in [1.54, 1.807) is 4.90 Å². The fourth-order valence-corrected chi connectivity index (χ4v) is 3.99. The number of nitrogens with zero attached hydrogens (tertiary/aromatic N) is 3. The van der Waals surface area contributed by atoms with Gasteiger partial charge in [-0.05, 0) is 32.8 Å². The summed E-state index contributed by atoms with van der Waals surface area (Å²) in [7, 11) is 0. The maximum absolute atomic E-state index is 12.9. The van der Waals surface area contributed by atoms with Gasteiger partial charge in [-0.25, -0.2) is 4.79 Å². The van der Waals surface area contributed by atoms with Crippen LogP contribution in [0.5, 0.6) is 0 Å². The Morgan fingerprint density at radius 3 is 2.64 bits per heavy atom. The van der Waals surface area contributed by atoms with Crippen molar-refractivity contribution in [2.24, 2.45) is 0 Å². The number of H-pyrrole nitrogens is 1. The number of benzene rings is 1. The molecule has 2 fully saturated rings. The Labute approximate surface area is 164 Å². The van der Waals surface area contributed by atoms with E-state index in [0.717, 1.165) is 23.7 Å². The van der Waals surface area contributed by atoms with Gasteiger partial charge in [0.2, 0.25) is 0 Å². The van der Waals surface area contributed by atoms with E-state index < -0.39 is 0 Å². The molecule has 8 heteroatoms. The lowest BCUT2D eigenvalue weighted by atomic mass is 9.99. The topological polar surface area (TPSA) is 90.6 Å². The largest absolute Gasteiger partial charge is 0.381 e. The summed E-state index contributed by atoms with van der Waals surface area (Å²) >= 11 is 0. The predicted octanol–water partition coefficient (Wildman–Crippen LogP) is 1.99. The van der Waals surface area contributed by atoms with E-state index in [1.807, 2.05) is 43.0 Å². The van der Waals surface area contributed by atoms with Crippen LogP contribution in [0.1, 0.15) is 37.2 Å². The molecule has 2 aromatic rings. The first-order valence-electron chi connectivity index (χ1n) is 9.93. The zero-order valence-corrected chi connectivity index (χ0v) is 16.4. The van der Waals surface area contributed by atoms with E-state index in [0.29, 0.717) is 32.0 Å². The van der Waals surface area contributed by atoms with Crippen LogP contribution in [0.25, 0.3) is 10.9 Å². The zero-order chi connectivity index (χ0) is 19.7. The molecule has 2 N–H and O–H groups in total. The third kappa shape index (κ3) is 3.56. The molecule has 3 heterocycles. The average Bonchev–Trinajstić information content (AvgIpc) is 3.08. The van der Waals surface area contributed by atoms with Gasteiger partial charge in [0.1, 0.15) is 0 Å². The van der Waals surface area contributed by atoms with Crippen molar-refractivity contribution in [2.75, 3.05) is 26.3 Å². The van der Waals surface area contributed by atoms with E-state index in [-0.39, 0.29) is 30.1 Å². The van der Waals surface area contributed by atoms with Crippen LogP contribution in [0, 0.1) is 0 Å². The Balaban J connectivity index is 1.46. The Hall–Kier alpha value is -2.61. The molecule has 0 spiro atoms. The number of aromatic nitrogens is 2. The molecular formula is C20H27N5O3. The summed E-state index contributed by atoms with van der Waals surface area (Å²) in [5.74, 6) is -0.0927. The molecule has 4 rings (SSSR count). The average molecular weight is 385 g/mol. The molecule has 0 bridgehead atoms. The number of amides is 3. The first-order valence-corrected chi connectivity index (χ1v) is 9.93. The van der Waals surface area contributed by atoms with Crippen LogP contribution >= 0.6 is 0 Å². The lowest BCUT2D eigenvalue weighted by Gasteiger charge is -2.48. The molecule has 0 saturated carbocycles. The van der Waals surface area contributed by atoms with Crippen LogP contribution in [0.3, 0.4) is 0 Å². The molecule has 2 saturated heterocycles. The minimum absolute atomic E-state index is 0.0241. The highest BCUT2D eigenvalue weighted by atomic mass is 16.5. The second kappa shape index (κ2) is 7.79. The van der Waals surface area contributed by atoms with Crippen LogP contribution in [0.2, 0.25) is 0 Å². The molecule has 28 heavy (non-hydrogen) atoms. The smallest absolute Gasteiger partial charge is 0.318 e. The lowest BCUT2D eigenvalue weighted by Crippen LogP contribution is -2.66. The van der Waals surface area contributed by atoms with Crippen LogP contribution in [0.4, 0.5) is 4.79 Å². The summed E-state index contributed by atoms with van der Waals surface area (Å²) in [6.07, 6.45) is 1.67. The standard InChI is InChI=1S/C20H27N5O3/c1-13(2)21-20(27)25(14-7-9-28-10-8-14)15-11-24(12-15)19(26)18-16-5-3-4-6-17(16)22-23-18/h3-6,13-15H,7-12H2,1-2H3,(H,21,27)(H,22,23). The molecule has 0 radical (unpaired) electrons. The van der Waals surface area contributed by atoms with Crippen molar-refractivity contribution < 1.29 is 14.3 Å². The molecule has 2 aliphatic rings. The zero-order valence-electron chi connectivity index (χ0n) is 16.4. The third-order valence-electron chi connectivity index (χ3n) is 5.45. The number of rotatable bonds is 4. The van der Waals surface area contributed by atoms with Gasteiger partial charge < -0.3 is 19.9 Å². The number of likely N-dealkylation sites (tertiary alicyclic amines) is 1. The Bertz CT molecular complexity index is 852. The summed E-state index contributed by atoms with van der Waals surface area (Å²) < 4.78 is 5.46. The first-order chi connectivity index (χ1) is 13.5. The molecule has 8 nitrogen and oxygen atoms in total. The number of hydrogen-bond acceptors (Lipinski definition) is 4. The number of urea groups is 1. The van der Waals surface area contributed by atoms with Gasteiger partial charge in [0.25, 0.3) is 5.91 Å². The lowest BCUT2D eigenvalue weighted by molar-refractivity contribution is -0.00534. The fourth-order valence-electron chi connectivity index (χ4n) is 3.99. The second-order valence-corrected chi connectivity index (χ2v) is 7.84. The van der Waals surface area contributed by atoms with Crippen LogP contribution in [-0.4, -0.2) is 76.4 Å². The number of carbonyl (C=O) groups is 2. The minimum atomic E-state index is -0.0927. The molecule has 3 amide bonds. The van der Waals surface area contributed by atoms with Gasteiger partial charge in [0.05, 0.1) is 11.6 Å². The minimum Gasteiger partial charge on any atom is -0.381 e. The third-order valence-corrected chi connectivity index (χ3v) is 5.45. The molecule has 1 aromatic carbocycles. The molecule has 0 unspecified atom stereocenters. The van der Waals surface area contributed by atoms with Gasteiger partial charge in [-0.15, -0.1) is 0 Å². The number of fused-ring (bicyclic) bond motifs is 1. The van der Waals surface area contributed by atoms with Gasteiger partial charge >= 0.3 is 6.03 Å². The molecule has 1 aromatic heterocycles. The molecular weight excluding hydrogens is 358 g/mol. The number of carbonyl (C=O) groups excluding carboxylic acids is 2. The number of nitrogens with one attached hydrogen (secondary N) is 2. The van der Waals surface area contributed by atoms with E-state index in [1.165, 1.54) is 0 Å². The van der Waals surface area contributed by atoms with Crippen LogP contribution in [-0.2, 0) is 4.74 Å². The normalized spacial score (nSPS) is 18.3. The highest BCUT2D eigenvalue weighted by Gasteiger charge is 2.41. The number of ether oxygens (including phenoxy) is 1. The quantitative estimate of drug-likeness (QED) is 0.842. The SMILES string of the molecule is CC(C)NC(=O)N(C1CCOCC1)C1CN(C(=O)c2n[nH]c3ccccc23)C1. The fraction of sp³-hybridized carbons (Fsp3) is 0.550. The summed E-state index contributed by atoms with van der Waals surface area (Å²) in [6.45, 7) is 6.32. The molecule has 150 valence electrons. The van der Waals surface area contributed by atoms with Crippen LogP contribution in [0.15, 0.2) is 24.3 Å². The second-order valence-electron chi connectivity index (χ2n) is 7.84. The Morgan fingerprint density at radius 1 is 1.21 bits per heavy atom. The predicted molar refractivity (Wildman–Crippen MR) is 105 cm³/mol. The summed E-state index contributed by atoms with van der Waals surface area (Å²) in [5.41, 5.74) is 1.29. The molecule has 0 atom stereocenters. The van der Waals surface area contributed by atoms with E-state index in [4.69, 9.17) is 4.74 Å². The summed E-state index contributed by atoms with van der Waals surface area (Å²) in [4.78, 5) is 29.4. The number of para-hydroxylation sites is 1. The van der Waals surface area contributed by atoms with Crippen molar-refractivity contribution in [3.8, 4) is 0 Å². The Kier molecular flexibility index (Phi) is 5.21. The van der Waals surface area contributed by atoms with Crippen molar-refractivity contribution >= 4 is 22.8 Å². The van der Waals surface area contributed by atoms with Crippen molar-refractivity contribution in [1.29, 1.82) is 0 Å².